The maximum Gasteiger partial charge on any atom is 0.338 e. The molecule has 22 heavy (non-hydrogen) atoms. The monoisotopic (exact) mass is 309 g/mol. The van der Waals surface area contributed by atoms with Crippen LogP contribution in [0.4, 0.5) is 0 Å². The van der Waals surface area contributed by atoms with E-state index in [9.17, 15) is 4.79 Å². The van der Waals surface area contributed by atoms with Crippen LogP contribution in [-0.4, -0.2) is 63.5 Å². The fourth-order valence-corrected chi connectivity index (χ4v) is 1.49. The van der Waals surface area contributed by atoms with Gasteiger partial charge in [0.15, 0.2) is 5.96 Å². The van der Waals surface area contributed by atoms with E-state index in [0.29, 0.717) is 38.5 Å². The number of ether oxygens (including phenoxy) is 3. The highest BCUT2D eigenvalue weighted by Crippen LogP contribution is 2.00. The normalized spacial score (nSPS) is 10.2. The molecule has 0 aliphatic carbocycles. The summed E-state index contributed by atoms with van der Waals surface area (Å²) < 4.78 is 15.7. The van der Waals surface area contributed by atoms with Gasteiger partial charge in [-0.3, -0.25) is 5.41 Å². The van der Waals surface area contributed by atoms with Gasteiger partial charge in [-0.2, -0.15) is 0 Å². The highest BCUT2D eigenvalue weighted by atomic mass is 16.6. The van der Waals surface area contributed by atoms with E-state index < -0.39 is 0 Å². The van der Waals surface area contributed by atoms with Gasteiger partial charge in [0, 0.05) is 13.6 Å². The Morgan fingerprint density at radius 3 is 2.32 bits per heavy atom. The zero-order valence-electron chi connectivity index (χ0n) is 12.8. The lowest BCUT2D eigenvalue weighted by Gasteiger charge is -2.16. The number of rotatable bonds is 10. The number of esters is 1. The molecule has 0 spiro atoms. The Kier molecular flexibility index (Phi) is 8.63. The Morgan fingerprint density at radius 1 is 1.09 bits per heavy atom. The highest BCUT2D eigenvalue weighted by Gasteiger charge is 2.05. The van der Waals surface area contributed by atoms with Crippen molar-refractivity contribution in [3.05, 3.63) is 35.9 Å². The van der Waals surface area contributed by atoms with Crippen molar-refractivity contribution in [3.63, 3.8) is 0 Å². The molecule has 1 aromatic carbocycles. The second-order valence-electron chi connectivity index (χ2n) is 4.53. The summed E-state index contributed by atoms with van der Waals surface area (Å²) in [5.74, 6) is -0.340. The lowest BCUT2D eigenvalue weighted by Crippen LogP contribution is -2.35. The Labute approximate surface area is 130 Å². The van der Waals surface area contributed by atoms with E-state index in [-0.39, 0.29) is 18.5 Å². The summed E-state index contributed by atoms with van der Waals surface area (Å²) in [6, 6.07) is 8.82. The minimum Gasteiger partial charge on any atom is -0.460 e. The third-order valence-electron chi connectivity index (χ3n) is 2.82. The van der Waals surface area contributed by atoms with Gasteiger partial charge in [0.05, 0.1) is 32.0 Å². The Hall–Kier alpha value is -2.12. The Bertz CT molecular complexity index is 453. The number of hydrogen-bond acceptors (Lipinski definition) is 5. The van der Waals surface area contributed by atoms with Crippen molar-refractivity contribution >= 4 is 11.9 Å². The number of hydrogen-bond donors (Lipinski definition) is 2. The first-order valence-electron chi connectivity index (χ1n) is 7.04. The number of guanidine groups is 1. The van der Waals surface area contributed by atoms with Crippen LogP contribution in [0.5, 0.6) is 0 Å². The van der Waals surface area contributed by atoms with E-state index >= 15 is 0 Å². The average Bonchev–Trinajstić information content (AvgIpc) is 2.53. The Morgan fingerprint density at radius 2 is 1.68 bits per heavy atom. The van der Waals surface area contributed by atoms with E-state index in [1.54, 1.807) is 36.2 Å². The molecule has 1 rings (SSSR count). The zero-order chi connectivity index (χ0) is 16.2. The molecule has 0 unspecified atom stereocenters. The SMILES string of the molecule is CN(CCOCCOCCOC(=O)c1ccccc1)C(=N)N. The van der Waals surface area contributed by atoms with Gasteiger partial charge in [-0.25, -0.2) is 4.79 Å². The predicted molar refractivity (Wildman–Crippen MR) is 82.9 cm³/mol. The van der Waals surface area contributed by atoms with Gasteiger partial charge in [-0.1, -0.05) is 18.2 Å². The third-order valence-corrected chi connectivity index (χ3v) is 2.82. The van der Waals surface area contributed by atoms with Crippen molar-refractivity contribution in [3.8, 4) is 0 Å². The van der Waals surface area contributed by atoms with Gasteiger partial charge in [-0.05, 0) is 12.1 Å². The molecule has 0 saturated carbocycles. The van der Waals surface area contributed by atoms with Crippen LogP contribution in [0.3, 0.4) is 0 Å². The van der Waals surface area contributed by atoms with E-state index in [0.717, 1.165) is 0 Å². The summed E-state index contributed by atoms with van der Waals surface area (Å²) >= 11 is 0. The van der Waals surface area contributed by atoms with Crippen LogP contribution in [0.1, 0.15) is 10.4 Å². The van der Waals surface area contributed by atoms with E-state index in [2.05, 4.69) is 0 Å². The van der Waals surface area contributed by atoms with Gasteiger partial charge in [0.2, 0.25) is 0 Å². The smallest absolute Gasteiger partial charge is 0.338 e. The molecule has 0 aliphatic heterocycles. The molecule has 0 bridgehead atoms. The van der Waals surface area contributed by atoms with Crippen molar-refractivity contribution in [2.75, 3.05) is 46.6 Å². The second-order valence-corrected chi connectivity index (χ2v) is 4.53. The molecular weight excluding hydrogens is 286 g/mol. The van der Waals surface area contributed by atoms with Crippen LogP contribution < -0.4 is 5.73 Å². The molecule has 0 fully saturated rings. The molecule has 7 nitrogen and oxygen atoms in total. The van der Waals surface area contributed by atoms with E-state index in [1.165, 1.54) is 0 Å². The molecule has 0 saturated heterocycles. The van der Waals surface area contributed by atoms with Crippen molar-refractivity contribution < 1.29 is 19.0 Å². The van der Waals surface area contributed by atoms with Crippen LogP contribution in [-0.2, 0) is 14.2 Å². The number of benzene rings is 1. The quantitative estimate of drug-likeness (QED) is 0.286. The Balaban J connectivity index is 1.94. The van der Waals surface area contributed by atoms with Crippen LogP contribution in [0.2, 0.25) is 0 Å². The summed E-state index contributed by atoms with van der Waals surface area (Å²) in [5.41, 5.74) is 5.81. The van der Waals surface area contributed by atoms with Crippen LogP contribution >= 0.6 is 0 Å². The zero-order valence-corrected chi connectivity index (χ0v) is 12.8. The predicted octanol–water partition coefficient (Wildman–Crippen LogP) is 0.702. The van der Waals surface area contributed by atoms with Gasteiger partial charge >= 0.3 is 5.97 Å². The lowest BCUT2D eigenvalue weighted by molar-refractivity contribution is 0.0137. The summed E-state index contributed by atoms with van der Waals surface area (Å²) in [4.78, 5) is 13.2. The number of carbonyl (C=O) groups is 1. The minimum absolute atomic E-state index is 0.0140. The van der Waals surface area contributed by atoms with Crippen molar-refractivity contribution in [2.45, 2.75) is 0 Å². The molecule has 0 heterocycles. The van der Waals surface area contributed by atoms with Crippen molar-refractivity contribution in [1.29, 1.82) is 5.41 Å². The first-order chi connectivity index (χ1) is 10.6. The topological polar surface area (TPSA) is 97.9 Å². The molecule has 0 radical (unpaired) electrons. The van der Waals surface area contributed by atoms with Gasteiger partial charge in [0.25, 0.3) is 0 Å². The second kappa shape index (κ2) is 10.6. The average molecular weight is 309 g/mol. The number of nitrogens with two attached hydrogens (primary N) is 1. The summed E-state index contributed by atoms with van der Waals surface area (Å²) in [7, 11) is 1.73. The summed E-state index contributed by atoms with van der Waals surface area (Å²) in [6.07, 6.45) is 0. The maximum atomic E-state index is 11.6. The van der Waals surface area contributed by atoms with Crippen LogP contribution in [0.15, 0.2) is 30.3 Å². The summed E-state index contributed by atoms with van der Waals surface area (Å²) in [6.45, 7) is 2.44. The molecule has 0 amide bonds. The van der Waals surface area contributed by atoms with Gasteiger partial charge in [0.1, 0.15) is 6.61 Å². The van der Waals surface area contributed by atoms with Crippen LogP contribution in [0, 0.1) is 5.41 Å². The van der Waals surface area contributed by atoms with E-state index in [4.69, 9.17) is 25.4 Å². The van der Waals surface area contributed by atoms with Gasteiger partial charge < -0.3 is 24.8 Å². The number of nitrogens with zero attached hydrogens (tertiary/aromatic N) is 1. The number of likely N-dealkylation sites (N-methyl/N-ethyl adjacent to an activating group) is 1. The largest absolute Gasteiger partial charge is 0.460 e. The van der Waals surface area contributed by atoms with Crippen LogP contribution in [0.25, 0.3) is 0 Å². The molecule has 0 atom stereocenters. The fourth-order valence-electron chi connectivity index (χ4n) is 1.49. The molecule has 0 aromatic heterocycles. The van der Waals surface area contributed by atoms with Crippen molar-refractivity contribution in [1.82, 2.24) is 4.90 Å². The van der Waals surface area contributed by atoms with Gasteiger partial charge in [-0.15, -0.1) is 0 Å². The molecule has 7 heteroatoms. The van der Waals surface area contributed by atoms with Crippen molar-refractivity contribution in [2.24, 2.45) is 5.73 Å². The fraction of sp³-hybridized carbons (Fsp3) is 0.467. The molecule has 122 valence electrons. The van der Waals surface area contributed by atoms with E-state index in [1.807, 2.05) is 6.07 Å². The summed E-state index contributed by atoms with van der Waals surface area (Å²) in [5, 5.41) is 7.17. The maximum absolute atomic E-state index is 11.6. The third kappa shape index (κ3) is 7.61. The first kappa shape index (κ1) is 17.9. The number of carbonyl (C=O) groups excluding carboxylic acids is 1. The molecular formula is C15H23N3O4. The number of nitrogens with one attached hydrogen (secondary N) is 1. The molecule has 3 N–H and O–H groups in total. The lowest BCUT2D eigenvalue weighted by atomic mass is 10.2. The highest BCUT2D eigenvalue weighted by molar-refractivity contribution is 5.89. The standard InChI is InChI=1S/C15H23N3O4/c1-18(15(16)17)7-8-20-9-10-21-11-12-22-14(19)13-5-3-2-4-6-13/h2-6H,7-12H2,1H3,(H3,16,17). The first-order valence-corrected chi connectivity index (χ1v) is 7.04. The minimum atomic E-state index is -0.354. The molecule has 1 aromatic rings. The molecule has 0 aliphatic rings.